The molecule has 0 radical (unpaired) electrons. The zero-order valence-electron chi connectivity index (χ0n) is 25.2. The number of furan rings is 1. The van der Waals surface area contributed by atoms with Crippen LogP contribution in [0.4, 0.5) is 0 Å². The van der Waals surface area contributed by atoms with Gasteiger partial charge in [-0.3, -0.25) is 19.2 Å². The van der Waals surface area contributed by atoms with Gasteiger partial charge in [-0.2, -0.15) is 0 Å². The number of allylic oxidation sites excluding steroid dienone is 1. The Labute approximate surface area is 257 Å². The van der Waals surface area contributed by atoms with Crippen molar-refractivity contribution in [2.45, 2.75) is 52.0 Å². The minimum atomic E-state index is -1.22. The summed E-state index contributed by atoms with van der Waals surface area (Å²) < 4.78 is 11.0. The van der Waals surface area contributed by atoms with Gasteiger partial charge in [0.2, 0.25) is 11.8 Å². The standard InChI is InChI=1S/C35H39N3O6/c1-2-43-34(42)35-17-8-4-3-5-16-30(35)38(24-26-13-9-12-25-11-6-7-14-27(25)26)32(40)28(35)23-31(39)36-18-20-37(21-19-36)33(41)29-15-10-22-44-29/h6-7,9-16,22,28H,2-5,8,17-21,23-24H2,1H3. The van der Waals surface area contributed by atoms with Crippen LogP contribution < -0.4 is 0 Å². The van der Waals surface area contributed by atoms with Crippen molar-refractivity contribution in [3.05, 3.63) is 84.0 Å². The Balaban J connectivity index is 1.29. The quantitative estimate of drug-likeness (QED) is 0.349. The molecule has 3 amide bonds. The van der Waals surface area contributed by atoms with Crippen LogP contribution in [-0.4, -0.2) is 71.2 Å². The van der Waals surface area contributed by atoms with Crippen LogP contribution in [0.3, 0.4) is 0 Å². The monoisotopic (exact) mass is 597 g/mol. The highest BCUT2D eigenvalue weighted by Gasteiger charge is 2.61. The van der Waals surface area contributed by atoms with Crippen molar-refractivity contribution >= 4 is 34.5 Å². The predicted octanol–water partition coefficient (Wildman–Crippen LogP) is 5.16. The number of amides is 3. The number of likely N-dealkylation sites (tertiary alicyclic amines) is 1. The first-order valence-corrected chi connectivity index (χ1v) is 15.7. The molecule has 2 unspecified atom stereocenters. The van der Waals surface area contributed by atoms with Gasteiger partial charge in [-0.05, 0) is 54.7 Å². The average Bonchev–Trinajstić information content (AvgIpc) is 3.64. The molecule has 230 valence electrons. The highest BCUT2D eigenvalue weighted by Crippen LogP contribution is 2.53. The van der Waals surface area contributed by atoms with E-state index in [2.05, 4.69) is 0 Å². The maximum absolute atomic E-state index is 14.5. The molecule has 0 saturated carbocycles. The van der Waals surface area contributed by atoms with E-state index in [1.165, 1.54) is 6.26 Å². The van der Waals surface area contributed by atoms with Gasteiger partial charge in [0.05, 0.1) is 25.3 Å². The maximum atomic E-state index is 14.5. The highest BCUT2D eigenvalue weighted by molar-refractivity contribution is 5.99. The molecule has 3 aliphatic rings. The summed E-state index contributed by atoms with van der Waals surface area (Å²) in [6.45, 7) is 3.71. The lowest BCUT2D eigenvalue weighted by Gasteiger charge is -2.37. The normalized spacial score (nSPS) is 22.3. The van der Waals surface area contributed by atoms with E-state index in [0.717, 1.165) is 42.0 Å². The van der Waals surface area contributed by atoms with E-state index in [-0.39, 0.29) is 36.5 Å². The van der Waals surface area contributed by atoms with E-state index in [1.807, 2.05) is 48.5 Å². The Bertz CT molecular complexity index is 1570. The number of carbonyl (C=O) groups is 4. The van der Waals surface area contributed by atoms with E-state index in [0.29, 0.717) is 44.8 Å². The summed E-state index contributed by atoms with van der Waals surface area (Å²) in [7, 11) is 0. The Morgan fingerprint density at radius 2 is 1.70 bits per heavy atom. The number of hydrogen-bond acceptors (Lipinski definition) is 6. The second kappa shape index (κ2) is 12.7. The Hall–Kier alpha value is -4.40. The van der Waals surface area contributed by atoms with Crippen LogP contribution in [0.1, 0.15) is 61.6 Å². The highest BCUT2D eigenvalue weighted by atomic mass is 16.5. The zero-order valence-corrected chi connectivity index (χ0v) is 25.2. The fraction of sp³-hybridized carbons (Fsp3) is 0.429. The van der Waals surface area contributed by atoms with Crippen LogP contribution in [-0.2, 0) is 25.7 Å². The van der Waals surface area contributed by atoms with E-state index >= 15 is 0 Å². The molecule has 2 saturated heterocycles. The number of piperazine rings is 1. The summed E-state index contributed by atoms with van der Waals surface area (Å²) in [5.74, 6) is -1.62. The maximum Gasteiger partial charge on any atom is 0.318 e. The third-order valence-electron chi connectivity index (χ3n) is 9.40. The van der Waals surface area contributed by atoms with E-state index in [4.69, 9.17) is 9.15 Å². The topological polar surface area (TPSA) is 100 Å². The number of fused-ring (bicyclic) bond motifs is 2. The number of carbonyl (C=O) groups excluding carboxylic acids is 4. The number of rotatable bonds is 7. The molecule has 9 nitrogen and oxygen atoms in total. The van der Waals surface area contributed by atoms with Gasteiger partial charge in [-0.1, -0.05) is 61.4 Å². The molecule has 0 spiro atoms. The molecular formula is C35H39N3O6. The van der Waals surface area contributed by atoms with Gasteiger partial charge in [0, 0.05) is 38.3 Å². The molecule has 3 aromatic rings. The van der Waals surface area contributed by atoms with E-state index in [9.17, 15) is 19.2 Å². The van der Waals surface area contributed by atoms with Gasteiger partial charge in [0.1, 0.15) is 5.41 Å². The Kier molecular flexibility index (Phi) is 8.55. The lowest BCUT2D eigenvalue weighted by Crippen LogP contribution is -2.51. The molecule has 2 atom stereocenters. The van der Waals surface area contributed by atoms with Gasteiger partial charge in [0.25, 0.3) is 5.91 Å². The first kappa shape index (κ1) is 29.7. The number of ether oxygens (including phenoxy) is 1. The SMILES string of the molecule is CCOC(=O)C12CCCCCC=C1N(Cc1cccc3ccccc13)C(=O)C2CC(=O)N1CCN(C(=O)c2ccco2)CC1. The van der Waals surface area contributed by atoms with E-state index < -0.39 is 17.3 Å². The first-order valence-electron chi connectivity index (χ1n) is 15.7. The van der Waals surface area contributed by atoms with Crippen molar-refractivity contribution in [1.29, 1.82) is 0 Å². The average molecular weight is 598 g/mol. The molecule has 9 heteroatoms. The summed E-state index contributed by atoms with van der Waals surface area (Å²) in [4.78, 5) is 60.2. The molecule has 0 bridgehead atoms. The minimum absolute atomic E-state index is 0.0901. The minimum Gasteiger partial charge on any atom is -0.465 e. The molecule has 2 aliphatic heterocycles. The van der Waals surface area contributed by atoms with Crippen LogP contribution in [0.5, 0.6) is 0 Å². The largest absolute Gasteiger partial charge is 0.465 e. The number of benzene rings is 2. The molecule has 6 rings (SSSR count). The molecule has 0 N–H and O–H groups in total. The molecule has 2 aromatic carbocycles. The van der Waals surface area contributed by atoms with Crippen molar-refractivity contribution in [2.75, 3.05) is 32.8 Å². The van der Waals surface area contributed by atoms with Crippen molar-refractivity contribution in [1.82, 2.24) is 14.7 Å². The summed E-state index contributed by atoms with van der Waals surface area (Å²) in [6.07, 6.45) is 7.31. The molecule has 44 heavy (non-hydrogen) atoms. The Morgan fingerprint density at radius 1 is 0.932 bits per heavy atom. The fourth-order valence-corrected chi connectivity index (χ4v) is 7.15. The first-order chi connectivity index (χ1) is 21.4. The molecular weight excluding hydrogens is 558 g/mol. The summed E-state index contributed by atoms with van der Waals surface area (Å²) >= 11 is 0. The summed E-state index contributed by atoms with van der Waals surface area (Å²) in [5, 5.41) is 2.13. The molecule has 1 aromatic heterocycles. The van der Waals surface area contributed by atoms with E-state index in [1.54, 1.807) is 33.8 Å². The van der Waals surface area contributed by atoms with Crippen LogP contribution in [0.2, 0.25) is 0 Å². The van der Waals surface area contributed by atoms with Gasteiger partial charge in [0.15, 0.2) is 5.76 Å². The number of esters is 1. The molecule has 2 fully saturated rings. The van der Waals surface area contributed by atoms with Gasteiger partial charge in [-0.15, -0.1) is 0 Å². The van der Waals surface area contributed by atoms with Crippen LogP contribution in [0.15, 0.2) is 77.1 Å². The van der Waals surface area contributed by atoms with Crippen molar-refractivity contribution in [2.24, 2.45) is 11.3 Å². The van der Waals surface area contributed by atoms with Crippen LogP contribution in [0.25, 0.3) is 10.8 Å². The molecule has 3 heterocycles. The molecule has 1 aliphatic carbocycles. The predicted molar refractivity (Wildman–Crippen MR) is 164 cm³/mol. The third-order valence-corrected chi connectivity index (χ3v) is 9.40. The van der Waals surface area contributed by atoms with Gasteiger partial charge >= 0.3 is 5.97 Å². The van der Waals surface area contributed by atoms with Crippen LogP contribution >= 0.6 is 0 Å². The summed E-state index contributed by atoms with van der Waals surface area (Å²) in [5.41, 5.74) is 0.451. The Morgan fingerprint density at radius 3 is 2.48 bits per heavy atom. The fourth-order valence-electron chi connectivity index (χ4n) is 7.15. The lowest BCUT2D eigenvalue weighted by molar-refractivity contribution is -0.158. The zero-order chi connectivity index (χ0) is 30.7. The van der Waals surface area contributed by atoms with Crippen molar-refractivity contribution in [3.8, 4) is 0 Å². The smallest absolute Gasteiger partial charge is 0.318 e. The van der Waals surface area contributed by atoms with Crippen LogP contribution in [0, 0.1) is 11.3 Å². The van der Waals surface area contributed by atoms with Gasteiger partial charge in [-0.25, -0.2) is 0 Å². The third kappa shape index (κ3) is 5.40. The van der Waals surface area contributed by atoms with Crippen molar-refractivity contribution < 1.29 is 28.3 Å². The van der Waals surface area contributed by atoms with Gasteiger partial charge < -0.3 is 23.9 Å². The number of hydrogen-bond donors (Lipinski definition) is 0. The second-order valence-electron chi connectivity index (χ2n) is 11.9. The second-order valence-corrected chi connectivity index (χ2v) is 11.9. The van der Waals surface area contributed by atoms with Crippen molar-refractivity contribution in [3.63, 3.8) is 0 Å². The summed E-state index contributed by atoms with van der Waals surface area (Å²) in [6, 6.07) is 17.4. The lowest BCUT2D eigenvalue weighted by atomic mass is 9.69. The number of nitrogens with zero attached hydrogens (tertiary/aromatic N) is 3.